The normalized spacial score (nSPS) is 17.1. The minimum Gasteiger partial charge on any atom is -0.465 e. The number of amides is 1. The van der Waals surface area contributed by atoms with Gasteiger partial charge in [-0.25, -0.2) is 4.79 Å². The van der Waals surface area contributed by atoms with Crippen LogP contribution in [0.15, 0.2) is 30.3 Å². The topological polar surface area (TPSA) is 138 Å². The molecule has 11 nitrogen and oxygen atoms in total. The molecule has 2 aliphatic rings. The van der Waals surface area contributed by atoms with Gasteiger partial charge >= 0.3 is 23.9 Å². The Morgan fingerprint density at radius 1 is 0.575 bits per heavy atom. The predicted octanol–water partition coefficient (Wildman–Crippen LogP) is 14.8. The van der Waals surface area contributed by atoms with Gasteiger partial charge in [0.05, 0.1) is 12.6 Å². The average Bonchev–Trinajstić information content (AvgIpc) is 4.01. The summed E-state index contributed by atoms with van der Waals surface area (Å²) < 4.78 is 22.9. The highest BCUT2D eigenvalue weighted by Gasteiger charge is 2.50. The fourth-order valence-electron chi connectivity index (χ4n) is 11.0. The van der Waals surface area contributed by atoms with Crippen molar-refractivity contribution in [2.45, 2.75) is 302 Å². The van der Waals surface area contributed by atoms with E-state index in [1.54, 1.807) is 18.7 Å². The Bertz CT molecular complexity index is 1540. The van der Waals surface area contributed by atoms with E-state index in [9.17, 15) is 24.0 Å². The summed E-state index contributed by atoms with van der Waals surface area (Å²) in [4.78, 5) is 69.6. The van der Waals surface area contributed by atoms with Crippen LogP contribution in [0.4, 0.5) is 0 Å². The van der Waals surface area contributed by atoms with Crippen LogP contribution in [0.5, 0.6) is 0 Å². The van der Waals surface area contributed by atoms with Crippen LogP contribution in [-0.2, 0) is 49.3 Å². The first kappa shape index (κ1) is 63.8. The van der Waals surface area contributed by atoms with E-state index >= 15 is 0 Å². The summed E-state index contributed by atoms with van der Waals surface area (Å²) in [6.45, 7) is 7.78. The van der Waals surface area contributed by atoms with Crippen LogP contribution in [0.3, 0.4) is 0 Å². The Morgan fingerprint density at radius 3 is 1.45 bits per heavy atom. The molecule has 1 aliphatic heterocycles. The van der Waals surface area contributed by atoms with Crippen molar-refractivity contribution in [2.24, 2.45) is 5.92 Å². The number of esters is 4. The molecule has 0 radical (unpaired) electrons. The zero-order valence-electron chi connectivity index (χ0n) is 47.0. The van der Waals surface area contributed by atoms with E-state index in [0.29, 0.717) is 19.3 Å². The quantitative estimate of drug-likeness (QED) is 0.0382. The van der Waals surface area contributed by atoms with Crippen LogP contribution in [0, 0.1) is 5.92 Å². The molecular formula is C62H106N2O9. The number of nitrogens with one attached hydrogen (secondary N) is 1. The minimum absolute atomic E-state index is 0.126. The van der Waals surface area contributed by atoms with Crippen LogP contribution in [0.1, 0.15) is 271 Å². The lowest BCUT2D eigenvalue weighted by molar-refractivity contribution is -0.171. The van der Waals surface area contributed by atoms with Crippen LogP contribution < -0.4 is 5.32 Å². The highest BCUT2D eigenvalue weighted by molar-refractivity contribution is 5.89. The number of carbonyl (C=O) groups is 5. The summed E-state index contributed by atoms with van der Waals surface area (Å²) in [5.74, 6) is -1.87. The van der Waals surface area contributed by atoms with Crippen molar-refractivity contribution in [3.05, 3.63) is 35.9 Å². The van der Waals surface area contributed by atoms with Crippen molar-refractivity contribution < 1.29 is 42.9 Å². The third kappa shape index (κ3) is 28.9. The molecule has 0 aromatic heterocycles. The molecule has 1 aromatic carbocycles. The molecule has 2 unspecified atom stereocenters. The number of fused-ring (bicyclic) bond motifs is 1. The van der Waals surface area contributed by atoms with Gasteiger partial charge in [0.2, 0.25) is 5.91 Å². The minimum atomic E-state index is -1.01. The first-order chi connectivity index (χ1) is 35.7. The lowest BCUT2D eigenvalue weighted by atomic mass is 10.0. The molecule has 1 amide bonds. The van der Waals surface area contributed by atoms with E-state index in [-0.39, 0.29) is 62.5 Å². The average molecular weight is 1020 g/mol. The fraction of sp³-hybridized carbons (Fsp3) is 0.823. The van der Waals surface area contributed by atoms with Gasteiger partial charge in [0.25, 0.3) is 0 Å². The lowest BCUT2D eigenvalue weighted by Crippen LogP contribution is -2.55. The van der Waals surface area contributed by atoms with E-state index in [0.717, 1.165) is 63.4 Å². The molecule has 0 bridgehead atoms. The zero-order valence-corrected chi connectivity index (χ0v) is 47.0. The molecule has 1 saturated carbocycles. The third-order valence-electron chi connectivity index (χ3n) is 15.4. The third-order valence-corrected chi connectivity index (χ3v) is 15.4. The van der Waals surface area contributed by atoms with Gasteiger partial charge in [-0.1, -0.05) is 230 Å². The van der Waals surface area contributed by atoms with Crippen molar-refractivity contribution in [1.82, 2.24) is 10.2 Å². The van der Waals surface area contributed by atoms with Gasteiger partial charge in [-0.3, -0.25) is 24.5 Å². The summed E-state index contributed by atoms with van der Waals surface area (Å²) in [5, 5.41) is 3.26. The van der Waals surface area contributed by atoms with Crippen molar-refractivity contribution in [2.75, 3.05) is 19.8 Å². The molecule has 1 aliphatic carbocycles. The van der Waals surface area contributed by atoms with Crippen LogP contribution >= 0.6 is 0 Å². The number of benzene rings is 1. The van der Waals surface area contributed by atoms with Gasteiger partial charge in [-0.15, -0.1) is 0 Å². The molecule has 0 spiro atoms. The highest BCUT2D eigenvalue weighted by Crippen LogP contribution is 2.42. The zero-order chi connectivity index (χ0) is 52.6. The molecule has 11 heteroatoms. The first-order valence-corrected chi connectivity index (χ1v) is 30.5. The van der Waals surface area contributed by atoms with Crippen molar-refractivity contribution in [3.63, 3.8) is 0 Å². The molecule has 1 N–H and O–H groups in total. The monoisotopic (exact) mass is 1020 g/mol. The molecule has 2 fully saturated rings. The molecule has 3 rings (SSSR count). The van der Waals surface area contributed by atoms with Gasteiger partial charge < -0.3 is 23.8 Å². The number of aryl methyl sites for hydroxylation is 1. The first-order valence-electron chi connectivity index (χ1n) is 30.5. The molecule has 5 atom stereocenters. The molecule has 1 heterocycles. The number of ether oxygens (including phenoxy) is 4. The van der Waals surface area contributed by atoms with E-state index in [2.05, 4.69) is 19.2 Å². The van der Waals surface area contributed by atoms with E-state index in [1.165, 1.54) is 154 Å². The van der Waals surface area contributed by atoms with Crippen LogP contribution in [0.2, 0.25) is 0 Å². The van der Waals surface area contributed by atoms with Crippen LogP contribution in [-0.4, -0.2) is 84.8 Å². The van der Waals surface area contributed by atoms with Gasteiger partial charge in [0.15, 0.2) is 6.10 Å². The molecular weight excluding hydrogens is 917 g/mol. The van der Waals surface area contributed by atoms with Gasteiger partial charge in [-0.2, -0.15) is 0 Å². The molecule has 1 saturated heterocycles. The second-order valence-electron chi connectivity index (χ2n) is 21.8. The number of hydrogen-bond donors (Lipinski definition) is 1. The maximum atomic E-state index is 14.4. The van der Waals surface area contributed by atoms with Crippen molar-refractivity contribution in [1.29, 1.82) is 0 Å². The Labute approximate surface area is 444 Å². The van der Waals surface area contributed by atoms with E-state index in [4.69, 9.17) is 18.9 Å². The summed E-state index contributed by atoms with van der Waals surface area (Å²) >= 11 is 0. The number of unbranched alkanes of at least 4 members (excludes halogenated alkanes) is 28. The Kier molecular flexibility index (Phi) is 36.5. The number of rotatable bonds is 46. The van der Waals surface area contributed by atoms with Crippen molar-refractivity contribution in [3.8, 4) is 0 Å². The number of likely N-dealkylation sites (tertiary alicyclic amines) is 1. The highest BCUT2D eigenvalue weighted by atomic mass is 16.6. The summed E-state index contributed by atoms with van der Waals surface area (Å²) in [6, 6.07) is 7.41. The SMILES string of the molecule is CCCCCCCCCCCCCCCCCC(=O)OCC(COC(=O)CCCCCCCCCCCCCCCCC)OC(=O)[C@@H]1C[C@@H]2CCC[C@@H]2N1C(=O)C(C)NC(CCc1ccccc1)C(=O)OCC. The summed E-state index contributed by atoms with van der Waals surface area (Å²) in [7, 11) is 0. The van der Waals surface area contributed by atoms with Gasteiger partial charge in [0.1, 0.15) is 25.3 Å². The fourth-order valence-corrected chi connectivity index (χ4v) is 11.0. The smallest absolute Gasteiger partial charge is 0.329 e. The second kappa shape index (κ2) is 41.7. The van der Waals surface area contributed by atoms with Crippen molar-refractivity contribution >= 4 is 29.8 Å². The van der Waals surface area contributed by atoms with Gasteiger partial charge in [-0.05, 0) is 70.3 Å². The Morgan fingerprint density at radius 2 is 1.01 bits per heavy atom. The molecule has 418 valence electrons. The largest absolute Gasteiger partial charge is 0.465 e. The number of carbonyl (C=O) groups excluding carboxylic acids is 5. The maximum Gasteiger partial charge on any atom is 0.329 e. The number of hydrogen-bond acceptors (Lipinski definition) is 10. The molecule has 73 heavy (non-hydrogen) atoms. The van der Waals surface area contributed by atoms with Crippen LogP contribution in [0.25, 0.3) is 0 Å². The van der Waals surface area contributed by atoms with E-state index in [1.807, 2.05) is 30.3 Å². The lowest BCUT2D eigenvalue weighted by Gasteiger charge is -2.33. The van der Waals surface area contributed by atoms with Gasteiger partial charge in [0, 0.05) is 18.9 Å². The Balaban J connectivity index is 1.50. The van der Waals surface area contributed by atoms with E-state index < -0.39 is 36.2 Å². The Hall–Kier alpha value is -3.47. The standard InChI is InChI=1S/C62H106N2O9/c1-5-8-10-12-14-16-18-20-22-24-26-28-30-32-37-44-58(65)71-49-54(50-72-59(66)45-38-33-31-29-27-25-23-21-19-17-15-13-11-9-6-2)73-62(69)57-48-53-42-39-43-56(53)64(57)60(67)51(4)63-55(61(68)70-7-3)47-46-52-40-35-34-36-41-52/h34-36,40-41,51,53-57,63H,5-33,37-39,42-50H2,1-4H3/t51?,53-,55?,56-,57-/m0/s1. The number of nitrogens with zero attached hydrogens (tertiary/aromatic N) is 1. The molecule has 1 aromatic rings. The maximum absolute atomic E-state index is 14.4. The second-order valence-corrected chi connectivity index (χ2v) is 21.8. The summed E-state index contributed by atoms with van der Waals surface area (Å²) in [6.07, 6.45) is 40.9. The summed E-state index contributed by atoms with van der Waals surface area (Å²) in [5.41, 5.74) is 1.08. The predicted molar refractivity (Wildman–Crippen MR) is 295 cm³/mol.